The summed E-state index contributed by atoms with van der Waals surface area (Å²) < 4.78 is 0. The monoisotopic (exact) mass is 312 g/mol. The Morgan fingerprint density at radius 3 is 2.65 bits per heavy atom. The van der Waals surface area contributed by atoms with Crippen LogP contribution in [-0.4, -0.2) is 76.6 Å². The summed E-state index contributed by atoms with van der Waals surface area (Å²) in [6, 6.07) is 2.58. The first-order chi connectivity index (χ1) is 11.3. The average molecular weight is 312 g/mol. The minimum Gasteiger partial charge on any atom is -0.353 e. The molecule has 1 unspecified atom stereocenters. The number of hydrogen-bond acceptors (Lipinski definition) is 6. The fourth-order valence-electron chi connectivity index (χ4n) is 3.79. The highest BCUT2D eigenvalue weighted by molar-refractivity contribution is 5.85. The molecule has 0 N–H and O–H groups in total. The van der Waals surface area contributed by atoms with Gasteiger partial charge >= 0.3 is 0 Å². The van der Waals surface area contributed by atoms with E-state index < -0.39 is 0 Å². The number of aromatic nitrogens is 3. The molecule has 0 bridgehead atoms. The van der Waals surface area contributed by atoms with Crippen molar-refractivity contribution in [3.8, 4) is 0 Å². The summed E-state index contributed by atoms with van der Waals surface area (Å²) in [5.74, 6) is 0.991. The lowest BCUT2D eigenvalue weighted by Gasteiger charge is -2.37. The molecule has 2 fully saturated rings. The van der Waals surface area contributed by atoms with Gasteiger partial charge < -0.3 is 9.80 Å². The number of likely N-dealkylation sites (N-methyl/N-ethyl adjacent to an activating group) is 1. The van der Waals surface area contributed by atoms with E-state index in [1.807, 2.05) is 12.3 Å². The Morgan fingerprint density at radius 2 is 1.83 bits per heavy atom. The van der Waals surface area contributed by atoms with Crippen LogP contribution in [0.25, 0.3) is 11.0 Å². The standard InChI is InChI=1S/C17H24N6/c1-2-21-9-11-22(12-10-21)14-4-8-23(13-14)17-16-15(3-5-20-17)18-6-7-19-16/h3,5-7,14H,2,4,8-13H2,1H3. The van der Waals surface area contributed by atoms with E-state index in [4.69, 9.17) is 0 Å². The molecule has 2 aliphatic heterocycles. The van der Waals surface area contributed by atoms with Crippen LogP contribution in [0.15, 0.2) is 24.7 Å². The lowest BCUT2D eigenvalue weighted by molar-refractivity contribution is 0.107. The fraction of sp³-hybridized carbons (Fsp3) is 0.588. The summed E-state index contributed by atoms with van der Waals surface area (Å²) in [5.41, 5.74) is 1.85. The Hall–Kier alpha value is -1.79. The SMILES string of the molecule is CCN1CCN(C2CCN(c3nccc4nccnc34)C2)CC1. The molecule has 4 rings (SSSR count). The first-order valence-corrected chi connectivity index (χ1v) is 8.62. The van der Waals surface area contributed by atoms with Crippen LogP contribution < -0.4 is 4.90 Å². The number of anilines is 1. The Kier molecular flexibility index (Phi) is 4.10. The third-order valence-electron chi connectivity index (χ3n) is 5.20. The van der Waals surface area contributed by atoms with E-state index >= 15 is 0 Å². The van der Waals surface area contributed by atoms with E-state index in [2.05, 4.69) is 36.6 Å². The van der Waals surface area contributed by atoms with E-state index in [9.17, 15) is 0 Å². The molecule has 122 valence electrons. The van der Waals surface area contributed by atoms with Gasteiger partial charge in [0.15, 0.2) is 5.82 Å². The van der Waals surface area contributed by atoms with Gasteiger partial charge in [0, 0.05) is 63.9 Å². The molecule has 0 saturated carbocycles. The molecule has 0 radical (unpaired) electrons. The van der Waals surface area contributed by atoms with Crippen molar-refractivity contribution in [3.05, 3.63) is 24.7 Å². The minimum absolute atomic E-state index is 0.641. The molecule has 0 amide bonds. The molecule has 23 heavy (non-hydrogen) atoms. The third kappa shape index (κ3) is 2.88. The minimum atomic E-state index is 0.641. The molecule has 0 aliphatic carbocycles. The van der Waals surface area contributed by atoms with Crippen LogP contribution in [0.5, 0.6) is 0 Å². The summed E-state index contributed by atoms with van der Waals surface area (Å²) in [6.45, 7) is 10.3. The van der Waals surface area contributed by atoms with Gasteiger partial charge in [-0.1, -0.05) is 6.92 Å². The van der Waals surface area contributed by atoms with Gasteiger partial charge in [-0.05, 0) is 19.0 Å². The Labute approximate surface area is 137 Å². The number of fused-ring (bicyclic) bond motifs is 1. The highest BCUT2D eigenvalue weighted by atomic mass is 15.3. The van der Waals surface area contributed by atoms with Crippen LogP contribution in [0.3, 0.4) is 0 Å². The average Bonchev–Trinajstić information content (AvgIpc) is 3.11. The van der Waals surface area contributed by atoms with E-state index in [0.717, 1.165) is 29.9 Å². The van der Waals surface area contributed by atoms with Gasteiger partial charge in [-0.3, -0.25) is 9.88 Å². The zero-order valence-electron chi connectivity index (χ0n) is 13.7. The van der Waals surface area contributed by atoms with Crippen molar-refractivity contribution in [2.24, 2.45) is 0 Å². The third-order valence-corrected chi connectivity index (χ3v) is 5.20. The zero-order valence-corrected chi connectivity index (χ0v) is 13.7. The maximum atomic E-state index is 4.59. The number of hydrogen-bond donors (Lipinski definition) is 0. The van der Waals surface area contributed by atoms with Gasteiger partial charge in [0.05, 0.1) is 5.52 Å². The predicted molar refractivity (Wildman–Crippen MR) is 91.6 cm³/mol. The van der Waals surface area contributed by atoms with Gasteiger partial charge in [0.2, 0.25) is 0 Å². The lowest BCUT2D eigenvalue weighted by Crippen LogP contribution is -2.50. The molecule has 1 atom stereocenters. The Bertz CT molecular complexity index is 662. The second kappa shape index (κ2) is 6.37. The quantitative estimate of drug-likeness (QED) is 0.850. The molecule has 6 heteroatoms. The highest BCUT2D eigenvalue weighted by Crippen LogP contribution is 2.26. The predicted octanol–water partition coefficient (Wildman–Crippen LogP) is 1.24. The first-order valence-electron chi connectivity index (χ1n) is 8.62. The van der Waals surface area contributed by atoms with E-state index in [1.165, 1.54) is 39.1 Å². The second-order valence-electron chi connectivity index (χ2n) is 6.42. The molecule has 0 spiro atoms. The highest BCUT2D eigenvalue weighted by Gasteiger charge is 2.31. The molecule has 6 nitrogen and oxygen atoms in total. The summed E-state index contributed by atoms with van der Waals surface area (Å²) in [5, 5.41) is 0. The van der Waals surface area contributed by atoms with Gasteiger partial charge in [-0.2, -0.15) is 0 Å². The van der Waals surface area contributed by atoms with Crippen LogP contribution in [0.4, 0.5) is 5.82 Å². The van der Waals surface area contributed by atoms with E-state index in [0.29, 0.717) is 6.04 Å². The van der Waals surface area contributed by atoms with Crippen molar-refractivity contribution in [3.63, 3.8) is 0 Å². The van der Waals surface area contributed by atoms with Crippen LogP contribution in [-0.2, 0) is 0 Å². The summed E-state index contributed by atoms with van der Waals surface area (Å²) in [6.07, 6.45) is 6.56. The summed E-state index contributed by atoms with van der Waals surface area (Å²) in [4.78, 5) is 21.1. The molecular formula is C17H24N6. The van der Waals surface area contributed by atoms with Crippen molar-refractivity contribution in [2.75, 3.05) is 50.7 Å². The maximum absolute atomic E-state index is 4.59. The van der Waals surface area contributed by atoms with Gasteiger partial charge in [-0.25, -0.2) is 9.97 Å². The van der Waals surface area contributed by atoms with Crippen LogP contribution in [0.1, 0.15) is 13.3 Å². The van der Waals surface area contributed by atoms with Crippen LogP contribution >= 0.6 is 0 Å². The van der Waals surface area contributed by atoms with Crippen molar-refractivity contribution < 1.29 is 0 Å². The number of pyridine rings is 1. The number of nitrogens with zero attached hydrogens (tertiary/aromatic N) is 6. The van der Waals surface area contributed by atoms with Gasteiger partial charge in [0.25, 0.3) is 0 Å². The molecule has 4 heterocycles. The molecule has 2 saturated heterocycles. The molecular weight excluding hydrogens is 288 g/mol. The molecule has 0 aromatic carbocycles. The fourth-order valence-corrected chi connectivity index (χ4v) is 3.79. The topological polar surface area (TPSA) is 48.4 Å². The molecule has 2 aromatic rings. The zero-order chi connectivity index (χ0) is 15.6. The first kappa shape index (κ1) is 14.8. The Balaban J connectivity index is 1.48. The van der Waals surface area contributed by atoms with Crippen LogP contribution in [0, 0.1) is 0 Å². The van der Waals surface area contributed by atoms with Crippen molar-refractivity contribution in [2.45, 2.75) is 19.4 Å². The Morgan fingerprint density at radius 1 is 1.00 bits per heavy atom. The van der Waals surface area contributed by atoms with Crippen molar-refractivity contribution in [1.82, 2.24) is 24.8 Å². The number of piperazine rings is 1. The van der Waals surface area contributed by atoms with E-state index in [1.54, 1.807) is 12.4 Å². The van der Waals surface area contributed by atoms with Crippen molar-refractivity contribution in [1.29, 1.82) is 0 Å². The van der Waals surface area contributed by atoms with Crippen LogP contribution in [0.2, 0.25) is 0 Å². The smallest absolute Gasteiger partial charge is 0.156 e. The normalized spacial score (nSPS) is 23.7. The summed E-state index contributed by atoms with van der Waals surface area (Å²) in [7, 11) is 0. The lowest BCUT2D eigenvalue weighted by atomic mass is 10.2. The van der Waals surface area contributed by atoms with E-state index in [-0.39, 0.29) is 0 Å². The van der Waals surface area contributed by atoms with Gasteiger partial charge in [0.1, 0.15) is 5.52 Å². The second-order valence-corrected chi connectivity index (χ2v) is 6.42. The maximum Gasteiger partial charge on any atom is 0.156 e. The molecule has 2 aromatic heterocycles. The largest absolute Gasteiger partial charge is 0.353 e. The van der Waals surface area contributed by atoms with Gasteiger partial charge in [-0.15, -0.1) is 0 Å². The molecule has 2 aliphatic rings. The number of rotatable bonds is 3. The summed E-state index contributed by atoms with van der Waals surface area (Å²) >= 11 is 0. The van der Waals surface area contributed by atoms with Crippen molar-refractivity contribution >= 4 is 16.9 Å².